The maximum absolute atomic E-state index is 13.3. The number of rotatable bonds is 5. The maximum atomic E-state index is 13.3. The third kappa shape index (κ3) is 4.68. The van der Waals surface area contributed by atoms with E-state index in [4.69, 9.17) is 26.1 Å². The van der Waals surface area contributed by atoms with E-state index in [1.54, 1.807) is 30.5 Å². The van der Waals surface area contributed by atoms with Crippen LogP contribution in [0, 0.1) is 5.82 Å². The Balaban J connectivity index is 1.44. The summed E-state index contributed by atoms with van der Waals surface area (Å²) in [6.07, 6.45) is 1.58. The highest BCUT2D eigenvalue weighted by molar-refractivity contribution is 7.80. The lowest BCUT2D eigenvalue weighted by Crippen LogP contribution is -2.35. The van der Waals surface area contributed by atoms with E-state index in [0.29, 0.717) is 58.9 Å². The number of thiocarbonyl (C=S) groups is 1. The number of fused-ring (bicyclic) bond motifs is 2. The van der Waals surface area contributed by atoms with Crippen LogP contribution in [0.4, 0.5) is 10.1 Å². The minimum absolute atomic E-state index is 0.229. The Bertz CT molecular complexity index is 1350. The van der Waals surface area contributed by atoms with E-state index in [0.717, 1.165) is 5.39 Å². The van der Waals surface area contributed by atoms with Crippen LogP contribution in [0.15, 0.2) is 70.1 Å². The number of halogens is 1. The van der Waals surface area contributed by atoms with E-state index in [-0.39, 0.29) is 17.9 Å². The van der Waals surface area contributed by atoms with Crippen molar-refractivity contribution >= 4 is 33.9 Å². The fourth-order valence-electron chi connectivity index (χ4n) is 3.64. The Kier molecular flexibility index (Phi) is 5.70. The van der Waals surface area contributed by atoms with E-state index in [1.807, 2.05) is 23.1 Å². The Labute approximate surface area is 193 Å². The van der Waals surface area contributed by atoms with Crippen molar-refractivity contribution in [3.8, 4) is 11.5 Å². The topological polar surface area (TPSA) is 79.7 Å². The van der Waals surface area contributed by atoms with Gasteiger partial charge in [-0.3, -0.25) is 4.79 Å². The first kappa shape index (κ1) is 21.0. The number of benzene rings is 2. The lowest BCUT2D eigenvalue weighted by molar-refractivity contribution is 0.172. The molecule has 0 bridgehead atoms. The smallest absolute Gasteiger partial charge is 0.253 e. The number of nitrogens with zero attached hydrogens (tertiary/aromatic N) is 1. The molecule has 2 aromatic heterocycles. The molecule has 5 rings (SSSR count). The molecule has 0 fully saturated rings. The molecule has 0 spiro atoms. The molecule has 0 aliphatic carbocycles. The number of hydrogen-bond acceptors (Lipinski definition) is 5. The highest BCUT2D eigenvalue weighted by Crippen LogP contribution is 2.33. The van der Waals surface area contributed by atoms with Crippen LogP contribution in [0.1, 0.15) is 11.3 Å². The standard InChI is InChI=1S/C24H20FN3O4S/c25-17-3-5-18(6-4-17)26-24(33)28(14-19-2-1-7-30-19)13-16-10-15-11-21-22(32-9-8-31-21)12-20(15)27-23(16)29/h1-7,10-12H,8-9,13-14H2,(H,26,33)(H,27,29). The van der Waals surface area contributed by atoms with Crippen LogP contribution in [0.3, 0.4) is 0 Å². The maximum Gasteiger partial charge on any atom is 0.253 e. The minimum atomic E-state index is -0.335. The van der Waals surface area contributed by atoms with Crippen LogP contribution in [-0.2, 0) is 13.1 Å². The second-order valence-corrected chi connectivity index (χ2v) is 7.97. The first-order valence-corrected chi connectivity index (χ1v) is 10.8. The van der Waals surface area contributed by atoms with Gasteiger partial charge >= 0.3 is 0 Å². The predicted octanol–water partition coefficient (Wildman–Crippen LogP) is 4.43. The number of anilines is 1. The fourth-order valence-corrected chi connectivity index (χ4v) is 3.88. The van der Waals surface area contributed by atoms with Crippen molar-refractivity contribution in [2.75, 3.05) is 18.5 Å². The summed E-state index contributed by atoms with van der Waals surface area (Å²) in [6, 6.07) is 15.0. The Hall–Kier alpha value is -3.85. The van der Waals surface area contributed by atoms with Gasteiger partial charge < -0.3 is 29.1 Å². The van der Waals surface area contributed by atoms with Crippen LogP contribution in [0.2, 0.25) is 0 Å². The van der Waals surface area contributed by atoms with E-state index < -0.39 is 0 Å². The van der Waals surface area contributed by atoms with Crippen molar-refractivity contribution in [3.63, 3.8) is 0 Å². The van der Waals surface area contributed by atoms with Crippen molar-refractivity contribution in [1.29, 1.82) is 0 Å². The molecule has 0 amide bonds. The average molecular weight is 466 g/mol. The number of ether oxygens (including phenoxy) is 2. The number of nitrogens with one attached hydrogen (secondary N) is 2. The summed E-state index contributed by atoms with van der Waals surface area (Å²) in [5, 5.41) is 4.30. The van der Waals surface area contributed by atoms with Gasteiger partial charge in [0.05, 0.1) is 24.9 Å². The van der Waals surface area contributed by atoms with Gasteiger partial charge in [0.25, 0.3) is 5.56 Å². The first-order chi connectivity index (χ1) is 16.0. The molecule has 0 saturated carbocycles. The normalized spacial score (nSPS) is 12.5. The Morgan fingerprint density at radius 2 is 1.82 bits per heavy atom. The molecule has 0 saturated heterocycles. The summed E-state index contributed by atoms with van der Waals surface area (Å²) >= 11 is 5.61. The largest absolute Gasteiger partial charge is 0.486 e. The molecule has 2 aromatic carbocycles. The van der Waals surface area contributed by atoms with Gasteiger partial charge in [0.15, 0.2) is 16.6 Å². The fraction of sp³-hybridized carbons (Fsp3) is 0.167. The SMILES string of the molecule is O=c1[nH]c2cc3c(cc2cc1CN(Cc1ccco1)C(=S)Nc1ccc(F)cc1)OCCO3. The van der Waals surface area contributed by atoms with Gasteiger partial charge in [0.1, 0.15) is 24.8 Å². The molecule has 4 aromatic rings. The summed E-state index contributed by atoms with van der Waals surface area (Å²) in [4.78, 5) is 17.6. The van der Waals surface area contributed by atoms with E-state index in [2.05, 4.69) is 10.3 Å². The minimum Gasteiger partial charge on any atom is -0.486 e. The van der Waals surface area contributed by atoms with Crippen LogP contribution >= 0.6 is 12.2 Å². The third-order valence-corrected chi connectivity index (χ3v) is 5.61. The number of aromatic nitrogens is 1. The van der Waals surface area contributed by atoms with E-state index in [9.17, 15) is 9.18 Å². The highest BCUT2D eigenvalue weighted by Gasteiger charge is 2.18. The predicted molar refractivity (Wildman–Crippen MR) is 126 cm³/mol. The van der Waals surface area contributed by atoms with Gasteiger partial charge in [-0.15, -0.1) is 0 Å². The van der Waals surface area contributed by atoms with Crippen molar-refractivity contribution in [2.24, 2.45) is 0 Å². The van der Waals surface area contributed by atoms with Crippen LogP contribution < -0.4 is 20.3 Å². The molecule has 9 heteroatoms. The third-order valence-electron chi connectivity index (χ3n) is 5.25. The molecule has 3 heterocycles. The summed E-state index contributed by atoms with van der Waals surface area (Å²) < 4.78 is 30.0. The zero-order chi connectivity index (χ0) is 22.8. The highest BCUT2D eigenvalue weighted by atomic mass is 32.1. The molecule has 0 radical (unpaired) electrons. The van der Waals surface area contributed by atoms with Crippen molar-refractivity contribution in [1.82, 2.24) is 9.88 Å². The second-order valence-electron chi connectivity index (χ2n) is 7.58. The summed E-state index contributed by atoms with van der Waals surface area (Å²) in [7, 11) is 0. The second kappa shape index (κ2) is 8.95. The van der Waals surface area contributed by atoms with Gasteiger partial charge in [0.2, 0.25) is 0 Å². The quantitative estimate of drug-likeness (QED) is 0.422. The van der Waals surface area contributed by atoms with Gasteiger partial charge in [-0.2, -0.15) is 0 Å². The lowest BCUT2D eigenvalue weighted by Gasteiger charge is -2.25. The lowest BCUT2D eigenvalue weighted by atomic mass is 10.1. The first-order valence-electron chi connectivity index (χ1n) is 10.3. The monoisotopic (exact) mass is 465 g/mol. The van der Waals surface area contributed by atoms with E-state index >= 15 is 0 Å². The van der Waals surface area contributed by atoms with Crippen LogP contribution in [-0.4, -0.2) is 28.2 Å². The molecule has 1 aliphatic heterocycles. The molecule has 0 unspecified atom stereocenters. The summed E-state index contributed by atoms with van der Waals surface area (Å²) in [5.74, 6) is 1.61. The van der Waals surface area contributed by atoms with Crippen molar-refractivity contribution in [2.45, 2.75) is 13.1 Å². The number of H-pyrrole nitrogens is 1. The van der Waals surface area contributed by atoms with Gasteiger partial charge in [-0.1, -0.05) is 0 Å². The van der Waals surface area contributed by atoms with E-state index in [1.165, 1.54) is 12.1 Å². The summed E-state index contributed by atoms with van der Waals surface area (Å²) in [6.45, 7) is 1.53. The average Bonchev–Trinajstić information content (AvgIpc) is 3.32. The zero-order valence-corrected chi connectivity index (χ0v) is 18.3. The van der Waals surface area contributed by atoms with Gasteiger partial charge in [-0.05, 0) is 60.7 Å². The molecule has 2 N–H and O–H groups in total. The molecule has 1 aliphatic rings. The van der Waals surface area contributed by atoms with Gasteiger partial charge in [0, 0.05) is 22.7 Å². The molecule has 7 nitrogen and oxygen atoms in total. The molecule has 0 atom stereocenters. The number of aromatic amines is 1. The molecular weight excluding hydrogens is 445 g/mol. The number of pyridine rings is 1. The van der Waals surface area contributed by atoms with Crippen LogP contribution in [0.5, 0.6) is 11.5 Å². The van der Waals surface area contributed by atoms with Crippen molar-refractivity contribution < 1.29 is 18.3 Å². The zero-order valence-electron chi connectivity index (χ0n) is 17.5. The van der Waals surface area contributed by atoms with Crippen molar-refractivity contribution in [3.05, 3.63) is 88.4 Å². The Morgan fingerprint density at radius 1 is 1.06 bits per heavy atom. The summed E-state index contributed by atoms with van der Waals surface area (Å²) in [5.41, 5.74) is 1.60. The van der Waals surface area contributed by atoms with Gasteiger partial charge in [-0.25, -0.2) is 4.39 Å². The number of hydrogen-bond donors (Lipinski definition) is 2. The Morgan fingerprint density at radius 3 is 2.55 bits per heavy atom. The molecule has 168 valence electrons. The molecule has 33 heavy (non-hydrogen) atoms. The molecular formula is C24H20FN3O4S. The number of furan rings is 1. The van der Waals surface area contributed by atoms with Crippen LogP contribution in [0.25, 0.3) is 10.9 Å².